The smallest absolute Gasteiger partial charge is 0.480 e. The van der Waals surface area contributed by atoms with E-state index in [1.165, 1.54) is 25.0 Å². The van der Waals surface area contributed by atoms with Crippen LogP contribution in [-0.2, 0) is 76.3 Å². The molecule has 0 aromatic carbocycles. The van der Waals surface area contributed by atoms with Gasteiger partial charge in [-0.15, -0.1) is 0 Å². The van der Waals surface area contributed by atoms with Crippen LogP contribution in [0, 0.1) is 35.5 Å². The van der Waals surface area contributed by atoms with Crippen LogP contribution >= 0.6 is 21.6 Å². The number of rotatable bonds is 29. The number of aliphatic hydroxyl groups excluding tert-OH is 6. The van der Waals surface area contributed by atoms with E-state index in [0.717, 1.165) is 21.3 Å². The van der Waals surface area contributed by atoms with Crippen LogP contribution in [0.2, 0.25) is 0 Å². The van der Waals surface area contributed by atoms with E-state index in [-0.39, 0.29) is 93.2 Å². The lowest BCUT2D eigenvalue weighted by Crippen LogP contribution is -2.61. The molecule has 1 aliphatic carbocycles. The van der Waals surface area contributed by atoms with Crippen molar-refractivity contribution >= 4 is 74.8 Å². The van der Waals surface area contributed by atoms with Crippen molar-refractivity contribution in [2.24, 2.45) is 35.5 Å². The minimum absolute atomic E-state index is 0.000814. The number of Topliss-reactive ketones (excluding diaryl/α,β-unsaturated/α-hetero) is 3. The van der Waals surface area contributed by atoms with Crippen molar-refractivity contribution in [2.75, 3.05) is 79.4 Å². The average Bonchev–Trinajstić information content (AvgIpc) is 0.774. The Morgan fingerprint density at radius 1 is 0.814 bits per heavy atom. The molecule has 29 nitrogen and oxygen atoms in total. The first-order chi connectivity index (χ1) is 48.3. The first kappa shape index (κ1) is 89.2. The van der Waals surface area contributed by atoms with Crippen LogP contribution < -0.4 is 16.0 Å². The number of aliphatic carboxylic acids is 1. The Hall–Kier alpha value is -5.23. The maximum Gasteiger partial charge on any atom is 0.508 e. The lowest BCUT2D eigenvalue weighted by Gasteiger charge is -2.42. The SMILES string of the molecule is CN[C@@H](CCC(=O)NC[C@H](O)[C@@H](O)[C@H](O)[C@H](O)CO)C(=O)N[C@@H](CSSCCOC(=O)OCCO[C@@H]1CC[C@@H](C[C@@H](C)[C@@H]2CC(=O)C(C)=CC(C)[C@@H](O)[C@@H](OC)C(=O)[C@H](C)C[C@H](C)C=CC=CC=C(C)[C@@H](OC)C[C@@H]3CC[C@@H](C)[C@@](O)(O3)C(=O)C(=O)N3CCCC[C@H]3C(=O)O2)C[C@H]1OC)C(=O)O. The summed E-state index contributed by atoms with van der Waals surface area (Å²) in [5, 5.41) is 89.2. The number of aliphatic hydroxyl groups is 7. The zero-order chi connectivity index (χ0) is 76.0. The Morgan fingerprint density at radius 2 is 1.52 bits per heavy atom. The Balaban J connectivity index is 1.37. The highest BCUT2D eigenvalue weighted by Crippen LogP contribution is 2.38. The van der Waals surface area contributed by atoms with Gasteiger partial charge in [-0.2, -0.15) is 0 Å². The first-order valence-electron chi connectivity index (χ1n) is 35.3. The summed E-state index contributed by atoms with van der Waals surface area (Å²) in [7, 11) is 8.17. The number of allylic oxidation sites excluding steroid dienone is 6. The minimum Gasteiger partial charge on any atom is -0.480 e. The normalized spacial score (nSPS) is 30.1. The number of hydrogen-bond donors (Lipinski definition) is 11. The molecule has 21 atom stereocenters. The van der Waals surface area contributed by atoms with Crippen LogP contribution in [0.1, 0.15) is 138 Å². The Morgan fingerprint density at radius 3 is 2.19 bits per heavy atom. The van der Waals surface area contributed by atoms with Crippen LogP contribution in [0.15, 0.2) is 47.6 Å². The van der Waals surface area contributed by atoms with Crippen molar-refractivity contribution in [1.82, 2.24) is 20.9 Å². The topological polar surface area (TPSA) is 429 Å². The van der Waals surface area contributed by atoms with Crippen molar-refractivity contribution in [3.05, 3.63) is 47.6 Å². The second-order valence-electron chi connectivity index (χ2n) is 27.4. The number of ketones is 3. The third-order valence-electron chi connectivity index (χ3n) is 19.6. The third kappa shape index (κ3) is 27.9. The summed E-state index contributed by atoms with van der Waals surface area (Å²) in [6, 6.07) is -3.56. The minimum atomic E-state index is -2.50. The van der Waals surface area contributed by atoms with Crippen molar-refractivity contribution in [3.8, 4) is 0 Å². The molecular formula is C71H114N4O25S2. The number of carbonyl (C=O) groups excluding carboxylic acids is 8. The summed E-state index contributed by atoms with van der Waals surface area (Å²) in [5.41, 5.74) is 1.09. The number of likely N-dealkylation sites (N-methyl/N-ethyl adjacent to an activating group) is 1. The third-order valence-corrected chi connectivity index (χ3v) is 22.0. The van der Waals surface area contributed by atoms with Gasteiger partial charge in [0, 0.05) is 82.9 Å². The molecule has 2 bridgehead atoms. The second kappa shape index (κ2) is 45.3. The number of cyclic esters (lactones) is 1. The molecule has 0 radical (unpaired) electrons. The van der Waals surface area contributed by atoms with Gasteiger partial charge in [-0.3, -0.25) is 28.8 Å². The zero-order valence-corrected chi connectivity index (χ0v) is 62.5. The molecule has 580 valence electrons. The monoisotopic (exact) mass is 1490 g/mol. The van der Waals surface area contributed by atoms with E-state index >= 15 is 0 Å². The number of carboxylic acid groups (broad SMARTS) is 1. The number of piperidine rings is 1. The van der Waals surface area contributed by atoms with Gasteiger partial charge in [0.05, 0.1) is 55.9 Å². The van der Waals surface area contributed by atoms with Gasteiger partial charge < -0.3 is 99.6 Å². The first-order valence-corrected chi connectivity index (χ1v) is 37.8. The number of fused-ring (bicyclic) bond motifs is 3. The van der Waals surface area contributed by atoms with Crippen molar-refractivity contribution in [2.45, 2.75) is 229 Å². The van der Waals surface area contributed by atoms with E-state index in [4.69, 9.17) is 43.0 Å². The quantitative estimate of drug-likeness (QED) is 0.0222. The van der Waals surface area contributed by atoms with Gasteiger partial charge in [0.25, 0.3) is 11.7 Å². The molecule has 3 amide bonds. The van der Waals surface area contributed by atoms with Crippen LogP contribution in [0.5, 0.6) is 0 Å². The number of nitrogens with zero attached hydrogens (tertiary/aromatic N) is 1. The molecule has 0 aromatic heterocycles. The Bertz CT molecular complexity index is 2830. The summed E-state index contributed by atoms with van der Waals surface area (Å²) >= 11 is 0. The van der Waals surface area contributed by atoms with Gasteiger partial charge in [-0.1, -0.05) is 92.7 Å². The van der Waals surface area contributed by atoms with E-state index in [9.17, 15) is 78.9 Å². The van der Waals surface area contributed by atoms with Crippen molar-refractivity contribution in [3.63, 3.8) is 0 Å². The molecule has 102 heavy (non-hydrogen) atoms. The fourth-order valence-electron chi connectivity index (χ4n) is 13.1. The number of nitrogens with one attached hydrogen (secondary N) is 3. The second-order valence-corrected chi connectivity index (χ2v) is 30.0. The number of carbonyl (C=O) groups is 9. The van der Waals surface area contributed by atoms with Crippen molar-refractivity contribution < 1.29 is 122 Å². The number of amides is 3. The number of methoxy groups -OCH3 is 3. The highest BCUT2D eigenvalue weighted by atomic mass is 33.1. The molecule has 4 aliphatic rings. The van der Waals surface area contributed by atoms with Crippen LogP contribution in [0.3, 0.4) is 0 Å². The molecule has 1 saturated carbocycles. The van der Waals surface area contributed by atoms with E-state index in [0.29, 0.717) is 57.8 Å². The summed E-state index contributed by atoms with van der Waals surface area (Å²) in [4.78, 5) is 123. The van der Waals surface area contributed by atoms with Gasteiger partial charge >= 0.3 is 18.1 Å². The molecule has 31 heteroatoms. The summed E-state index contributed by atoms with van der Waals surface area (Å²) in [5.74, 6) is -11.3. The van der Waals surface area contributed by atoms with E-state index in [1.54, 1.807) is 48.0 Å². The van der Waals surface area contributed by atoms with Gasteiger partial charge in [-0.25, -0.2) is 14.4 Å². The molecule has 4 rings (SSSR count). The summed E-state index contributed by atoms with van der Waals surface area (Å²) in [6.45, 7) is 10.8. The number of hydrogen-bond acceptors (Lipinski definition) is 27. The highest BCUT2D eigenvalue weighted by molar-refractivity contribution is 8.76. The molecule has 3 fully saturated rings. The molecule has 1 unspecified atom stereocenters. The fraction of sp³-hybridized carbons (Fsp3) is 0.761. The lowest BCUT2D eigenvalue weighted by atomic mass is 9.78. The summed E-state index contributed by atoms with van der Waals surface area (Å²) in [6.07, 6.45) is 1.54. The van der Waals surface area contributed by atoms with Gasteiger partial charge in [-0.05, 0) is 120 Å². The standard InChI is InChI=1S/C71H114N4O25S2/c1-40-17-13-12-14-18-41(2)56(93-9)35-48-22-20-46(7)71(92,100-48)65(85)67(87)75-26-16-15-19-51(75)69(90)99-57(36-52(77)42(3)32-45(6)61(82)64(95-11)60(81)44(5)31-40)43(4)33-47-21-24-55(58(34-47)94-10)96-27-28-97-70(91)98-29-30-101-102-39-50(68(88)89)74-66(86)49(72-8)23-25-59(80)73-37-53(78)62(83)63(84)54(79)38-76/h12-14,17-18,32,40,43-51,53-58,61-64,72,76,78-79,82-84,92H,15-16,19-31,33-39H2,1-11H3,(H,73,80)(H,74,86)(H,88,89)/t40-,43-,44-,45?,46-,47+,48+,49+,50+,51+,53+,54-,55-,56+,57+,58-,61-,62-,63-,64+,71-/m1/s1. The lowest BCUT2D eigenvalue weighted by molar-refractivity contribution is -0.265. The molecule has 0 aromatic rings. The van der Waals surface area contributed by atoms with E-state index < -0.39 is 175 Å². The number of carboxylic acids is 1. The number of esters is 1. The van der Waals surface area contributed by atoms with Gasteiger partial charge in [0.15, 0.2) is 11.6 Å². The molecule has 0 spiro atoms. The molecule has 3 heterocycles. The predicted molar refractivity (Wildman–Crippen MR) is 377 cm³/mol. The van der Waals surface area contributed by atoms with E-state index in [1.807, 2.05) is 51.2 Å². The summed E-state index contributed by atoms with van der Waals surface area (Å²) < 4.78 is 46.5. The van der Waals surface area contributed by atoms with Gasteiger partial charge in [0.2, 0.25) is 17.6 Å². The average molecular weight is 1490 g/mol. The fourth-order valence-corrected chi connectivity index (χ4v) is 15.1. The zero-order valence-electron chi connectivity index (χ0n) is 60.8. The predicted octanol–water partition coefficient (Wildman–Crippen LogP) is 3.23. The maximum absolute atomic E-state index is 14.7. The maximum atomic E-state index is 14.7. The Labute approximate surface area is 606 Å². The molecule has 2 saturated heterocycles. The molecule has 3 aliphatic heterocycles. The highest BCUT2D eigenvalue weighted by Gasteiger charge is 2.53. The van der Waals surface area contributed by atoms with Crippen LogP contribution in [0.25, 0.3) is 0 Å². The molecular weight excluding hydrogens is 1370 g/mol. The van der Waals surface area contributed by atoms with E-state index in [2.05, 4.69) is 16.0 Å². The molecule has 11 N–H and O–H groups in total. The number of ether oxygens (including phenoxy) is 8. The van der Waals surface area contributed by atoms with Crippen LogP contribution in [-0.4, -0.2) is 269 Å². The van der Waals surface area contributed by atoms with Gasteiger partial charge in [0.1, 0.15) is 55.8 Å². The Kier molecular flexibility index (Phi) is 39.6. The van der Waals surface area contributed by atoms with Crippen molar-refractivity contribution in [1.29, 1.82) is 0 Å². The van der Waals surface area contributed by atoms with Crippen LogP contribution in [0.4, 0.5) is 4.79 Å². The largest absolute Gasteiger partial charge is 0.508 e.